The minimum atomic E-state index is -0.110. The van der Waals surface area contributed by atoms with E-state index in [1.807, 2.05) is 0 Å². The monoisotopic (exact) mass is 568 g/mol. The number of rotatable bonds is 26. The van der Waals surface area contributed by atoms with Crippen LogP contribution < -0.4 is 0 Å². The minimum absolute atomic E-state index is 0.00869. The molecule has 2 rings (SSSR count). The molecule has 0 amide bonds. The van der Waals surface area contributed by atoms with Crippen molar-refractivity contribution in [1.29, 1.82) is 0 Å². The standard InChI is InChI=1S/C35H69NO4/c1-6-10-18-30(8-3)20-12-14-26-37-28-33-34(29-38-27-15-13-21-31(9-4)19-11-7-2)40-35(39-33)24-16-22-32-23-17-25-36(32)5/h30-35H,6-29H2,1-5H3. The Kier molecular flexibility index (Phi) is 20.9. The first kappa shape index (κ1) is 36.0. The lowest BCUT2D eigenvalue weighted by molar-refractivity contribution is -0.0851. The third-order valence-electron chi connectivity index (χ3n) is 9.67. The molecule has 2 heterocycles. The van der Waals surface area contributed by atoms with Gasteiger partial charge in [0.1, 0.15) is 12.2 Å². The van der Waals surface area contributed by atoms with Crippen LogP contribution in [0, 0.1) is 11.8 Å². The van der Waals surface area contributed by atoms with Gasteiger partial charge in [0.05, 0.1) is 13.2 Å². The third-order valence-corrected chi connectivity index (χ3v) is 9.67. The van der Waals surface area contributed by atoms with Gasteiger partial charge in [-0.2, -0.15) is 0 Å². The maximum Gasteiger partial charge on any atom is 0.158 e. The summed E-state index contributed by atoms with van der Waals surface area (Å²) in [5, 5.41) is 0. The van der Waals surface area contributed by atoms with Crippen LogP contribution >= 0.6 is 0 Å². The smallest absolute Gasteiger partial charge is 0.158 e. The number of unbranched alkanes of at least 4 members (excludes halogenated alkanes) is 4. The van der Waals surface area contributed by atoms with E-state index in [9.17, 15) is 0 Å². The summed E-state index contributed by atoms with van der Waals surface area (Å²) in [6.45, 7) is 13.4. The Morgan fingerprint density at radius 1 is 0.675 bits per heavy atom. The molecule has 5 heteroatoms. The highest BCUT2D eigenvalue weighted by molar-refractivity contribution is 4.80. The minimum Gasteiger partial charge on any atom is -0.379 e. The molecule has 0 radical (unpaired) electrons. The number of ether oxygens (including phenoxy) is 4. The Morgan fingerprint density at radius 2 is 1.20 bits per heavy atom. The number of hydrogen-bond acceptors (Lipinski definition) is 5. The maximum absolute atomic E-state index is 6.39. The predicted octanol–water partition coefficient (Wildman–Crippen LogP) is 9.17. The van der Waals surface area contributed by atoms with Crippen LogP contribution in [0.15, 0.2) is 0 Å². The van der Waals surface area contributed by atoms with Crippen LogP contribution in [0.3, 0.4) is 0 Å². The van der Waals surface area contributed by atoms with Gasteiger partial charge in [-0.25, -0.2) is 0 Å². The average molecular weight is 568 g/mol. The number of hydrogen-bond donors (Lipinski definition) is 0. The molecule has 2 saturated heterocycles. The zero-order valence-corrected chi connectivity index (χ0v) is 27.5. The van der Waals surface area contributed by atoms with E-state index in [1.54, 1.807) is 0 Å². The molecular formula is C35H69NO4. The lowest BCUT2D eigenvalue weighted by Crippen LogP contribution is -2.32. The van der Waals surface area contributed by atoms with Crippen LogP contribution in [0.1, 0.15) is 150 Å². The van der Waals surface area contributed by atoms with Crippen molar-refractivity contribution in [3.05, 3.63) is 0 Å². The van der Waals surface area contributed by atoms with Crippen molar-refractivity contribution >= 4 is 0 Å². The highest BCUT2D eigenvalue weighted by atomic mass is 16.7. The van der Waals surface area contributed by atoms with Gasteiger partial charge in [0.25, 0.3) is 0 Å². The predicted molar refractivity (Wildman–Crippen MR) is 169 cm³/mol. The molecule has 0 aromatic rings. The normalized spacial score (nSPS) is 25.1. The lowest BCUT2D eigenvalue weighted by atomic mass is 9.94. The fourth-order valence-corrected chi connectivity index (χ4v) is 6.65. The van der Waals surface area contributed by atoms with Crippen molar-refractivity contribution in [3.63, 3.8) is 0 Å². The summed E-state index contributed by atoms with van der Waals surface area (Å²) in [7, 11) is 2.27. The summed E-state index contributed by atoms with van der Waals surface area (Å²) >= 11 is 0. The largest absolute Gasteiger partial charge is 0.379 e. The molecule has 0 spiro atoms. The first-order valence-electron chi connectivity index (χ1n) is 17.8. The van der Waals surface area contributed by atoms with Gasteiger partial charge in [-0.05, 0) is 70.4 Å². The van der Waals surface area contributed by atoms with Crippen LogP contribution in [0.5, 0.6) is 0 Å². The van der Waals surface area contributed by atoms with Crippen molar-refractivity contribution < 1.29 is 18.9 Å². The van der Waals surface area contributed by atoms with Crippen LogP contribution in [0.2, 0.25) is 0 Å². The Balaban J connectivity index is 1.67. The van der Waals surface area contributed by atoms with E-state index in [0.29, 0.717) is 13.2 Å². The van der Waals surface area contributed by atoms with Crippen LogP contribution in [0.25, 0.3) is 0 Å². The Bertz CT molecular complexity index is 540. The molecule has 0 aromatic heterocycles. The molecule has 2 fully saturated rings. The van der Waals surface area contributed by atoms with Crippen molar-refractivity contribution in [1.82, 2.24) is 4.90 Å². The summed E-state index contributed by atoms with van der Waals surface area (Å²) < 4.78 is 25.1. The van der Waals surface area contributed by atoms with Gasteiger partial charge in [0.2, 0.25) is 0 Å². The Hall–Kier alpha value is -0.200. The number of likely N-dealkylation sites (tertiary alicyclic amines) is 1. The molecule has 2 aliphatic rings. The Morgan fingerprint density at radius 3 is 1.65 bits per heavy atom. The summed E-state index contributed by atoms with van der Waals surface area (Å²) in [5.41, 5.74) is 0. The maximum atomic E-state index is 6.39. The zero-order chi connectivity index (χ0) is 28.8. The molecule has 5 nitrogen and oxygen atoms in total. The van der Waals surface area contributed by atoms with E-state index in [0.717, 1.165) is 56.8 Å². The van der Waals surface area contributed by atoms with Gasteiger partial charge in [-0.3, -0.25) is 0 Å². The average Bonchev–Trinajstić information content (AvgIpc) is 3.56. The Labute approximate surface area is 249 Å². The molecule has 0 aromatic carbocycles. The molecule has 0 N–H and O–H groups in total. The van der Waals surface area contributed by atoms with Crippen molar-refractivity contribution in [2.75, 3.05) is 40.0 Å². The second-order valence-electron chi connectivity index (χ2n) is 13.0. The van der Waals surface area contributed by atoms with Crippen LogP contribution in [-0.2, 0) is 18.9 Å². The van der Waals surface area contributed by atoms with Gasteiger partial charge >= 0.3 is 0 Å². The van der Waals surface area contributed by atoms with Gasteiger partial charge in [0, 0.05) is 19.3 Å². The molecule has 238 valence electrons. The summed E-state index contributed by atoms with van der Waals surface area (Å²) in [5.74, 6) is 1.78. The van der Waals surface area contributed by atoms with Gasteiger partial charge in [-0.15, -0.1) is 0 Å². The van der Waals surface area contributed by atoms with Gasteiger partial charge in [0.15, 0.2) is 6.29 Å². The number of nitrogens with zero attached hydrogens (tertiary/aromatic N) is 1. The second-order valence-corrected chi connectivity index (χ2v) is 13.0. The molecule has 5 atom stereocenters. The molecule has 40 heavy (non-hydrogen) atoms. The summed E-state index contributed by atoms with van der Waals surface area (Å²) in [4.78, 5) is 2.52. The fraction of sp³-hybridized carbons (Fsp3) is 1.00. The lowest BCUT2D eigenvalue weighted by Gasteiger charge is -2.19. The first-order valence-corrected chi connectivity index (χ1v) is 17.8. The topological polar surface area (TPSA) is 40.2 Å². The molecule has 0 aliphatic carbocycles. The highest BCUT2D eigenvalue weighted by Gasteiger charge is 2.36. The SMILES string of the molecule is CCCCC(CC)CCCCOCC1OC(CCCC2CCCN2C)OC1COCCCCC(CC)CCCC. The molecular weight excluding hydrogens is 498 g/mol. The zero-order valence-electron chi connectivity index (χ0n) is 27.5. The van der Waals surface area contributed by atoms with Crippen molar-refractivity contribution in [2.45, 2.75) is 174 Å². The van der Waals surface area contributed by atoms with Crippen molar-refractivity contribution in [3.8, 4) is 0 Å². The van der Waals surface area contributed by atoms with E-state index in [4.69, 9.17) is 18.9 Å². The van der Waals surface area contributed by atoms with Gasteiger partial charge < -0.3 is 23.8 Å². The van der Waals surface area contributed by atoms with E-state index < -0.39 is 0 Å². The second kappa shape index (κ2) is 23.3. The molecule has 0 bridgehead atoms. The van der Waals surface area contributed by atoms with E-state index in [2.05, 4.69) is 39.6 Å². The summed E-state index contributed by atoms with van der Waals surface area (Å²) in [6, 6.07) is 0.739. The fourth-order valence-electron chi connectivity index (χ4n) is 6.65. The van der Waals surface area contributed by atoms with E-state index in [1.165, 1.54) is 103 Å². The third kappa shape index (κ3) is 15.3. The van der Waals surface area contributed by atoms with E-state index >= 15 is 0 Å². The van der Waals surface area contributed by atoms with E-state index in [-0.39, 0.29) is 18.5 Å². The van der Waals surface area contributed by atoms with Crippen molar-refractivity contribution in [2.24, 2.45) is 11.8 Å². The first-order chi connectivity index (χ1) is 19.6. The molecule has 0 saturated carbocycles. The van der Waals surface area contributed by atoms with Crippen LogP contribution in [0.4, 0.5) is 0 Å². The van der Waals surface area contributed by atoms with Crippen LogP contribution in [-0.4, -0.2) is 69.5 Å². The quantitative estimate of drug-likeness (QED) is 0.0975. The molecule has 5 unspecified atom stereocenters. The molecule has 2 aliphatic heterocycles. The highest BCUT2D eigenvalue weighted by Crippen LogP contribution is 2.27. The summed E-state index contributed by atoms with van der Waals surface area (Å²) in [6.07, 6.45) is 24.2. The van der Waals surface area contributed by atoms with Gasteiger partial charge in [-0.1, -0.05) is 105 Å².